The van der Waals surface area contributed by atoms with Gasteiger partial charge >= 0.3 is 6.09 Å². The lowest BCUT2D eigenvalue weighted by Crippen LogP contribution is -2.48. The van der Waals surface area contributed by atoms with Crippen LogP contribution in [-0.4, -0.2) is 64.6 Å². The van der Waals surface area contributed by atoms with Crippen molar-refractivity contribution in [1.29, 1.82) is 0 Å². The van der Waals surface area contributed by atoms with Gasteiger partial charge in [0.25, 0.3) is 0 Å². The second-order valence-corrected chi connectivity index (χ2v) is 8.09. The molecule has 1 fully saturated rings. The summed E-state index contributed by atoms with van der Waals surface area (Å²) in [5, 5.41) is 10.9. The van der Waals surface area contributed by atoms with Crippen molar-refractivity contribution in [1.82, 2.24) is 25.3 Å². The Hall–Kier alpha value is -1.52. The summed E-state index contributed by atoms with van der Waals surface area (Å²) in [6.45, 7) is 11.5. The van der Waals surface area contributed by atoms with Crippen molar-refractivity contribution in [2.24, 2.45) is 4.99 Å². The Balaban J connectivity index is 0.00000420. The van der Waals surface area contributed by atoms with Crippen LogP contribution in [0.15, 0.2) is 23.5 Å². The van der Waals surface area contributed by atoms with Crippen LogP contribution in [0, 0.1) is 0 Å². The highest BCUT2D eigenvalue weighted by Gasteiger charge is 2.30. The quantitative estimate of drug-likeness (QED) is 0.250. The van der Waals surface area contributed by atoms with Gasteiger partial charge in [0.2, 0.25) is 0 Å². The lowest BCUT2D eigenvalue weighted by atomic mass is 10.0. The number of carbonyl (C=O) groups excluding carboxylic acids is 1. The van der Waals surface area contributed by atoms with Crippen LogP contribution in [-0.2, 0) is 11.3 Å². The van der Waals surface area contributed by atoms with Crippen LogP contribution >= 0.6 is 24.0 Å². The average molecular weight is 520 g/mol. The molecular weight excluding hydrogens is 483 g/mol. The van der Waals surface area contributed by atoms with Crippen molar-refractivity contribution < 1.29 is 9.53 Å². The van der Waals surface area contributed by atoms with Crippen LogP contribution in [0.3, 0.4) is 0 Å². The molecule has 2 N–H and O–H groups in total. The molecule has 8 nitrogen and oxygen atoms in total. The van der Waals surface area contributed by atoms with Crippen molar-refractivity contribution in [2.75, 3.05) is 26.2 Å². The molecule has 0 bridgehead atoms. The van der Waals surface area contributed by atoms with Crippen molar-refractivity contribution >= 4 is 36.0 Å². The number of aryl methyl sites for hydroxylation is 1. The van der Waals surface area contributed by atoms with E-state index in [4.69, 9.17) is 9.73 Å². The molecule has 166 valence electrons. The van der Waals surface area contributed by atoms with Crippen LogP contribution in [0.2, 0.25) is 0 Å². The SMILES string of the molecule is CCNC(=NCC1CCCCN1C(=O)OC(C)(C)C)NCCCn1cccn1.I. The molecule has 0 aromatic carbocycles. The molecule has 29 heavy (non-hydrogen) atoms. The monoisotopic (exact) mass is 520 g/mol. The minimum atomic E-state index is -0.479. The summed E-state index contributed by atoms with van der Waals surface area (Å²) >= 11 is 0. The first-order valence-electron chi connectivity index (χ1n) is 10.4. The van der Waals surface area contributed by atoms with Gasteiger partial charge in [0.05, 0.1) is 12.6 Å². The normalized spacial score (nSPS) is 17.4. The van der Waals surface area contributed by atoms with E-state index >= 15 is 0 Å². The molecule has 0 radical (unpaired) electrons. The van der Waals surface area contributed by atoms with Gasteiger partial charge in [0.1, 0.15) is 5.60 Å². The number of aliphatic imine (C=N–C) groups is 1. The fraction of sp³-hybridized carbons (Fsp3) is 0.750. The Bertz CT molecular complexity index is 615. The predicted octanol–water partition coefficient (Wildman–Crippen LogP) is 3.24. The summed E-state index contributed by atoms with van der Waals surface area (Å²) < 4.78 is 7.50. The van der Waals surface area contributed by atoms with E-state index in [0.717, 1.165) is 57.8 Å². The van der Waals surface area contributed by atoms with Gasteiger partial charge in [0.15, 0.2) is 5.96 Å². The molecule has 9 heteroatoms. The van der Waals surface area contributed by atoms with Crippen molar-refractivity contribution in [3.05, 3.63) is 18.5 Å². The van der Waals surface area contributed by atoms with Gasteiger partial charge in [0, 0.05) is 38.6 Å². The van der Waals surface area contributed by atoms with Gasteiger partial charge in [-0.15, -0.1) is 24.0 Å². The topological polar surface area (TPSA) is 83.8 Å². The second kappa shape index (κ2) is 12.9. The van der Waals surface area contributed by atoms with Gasteiger partial charge in [-0.05, 0) is 59.4 Å². The van der Waals surface area contributed by atoms with E-state index in [0.29, 0.717) is 6.54 Å². The van der Waals surface area contributed by atoms with Crippen LogP contribution < -0.4 is 10.6 Å². The van der Waals surface area contributed by atoms with E-state index < -0.39 is 5.60 Å². The molecule has 0 spiro atoms. The number of halogens is 1. The first-order valence-corrected chi connectivity index (χ1v) is 10.4. The molecule has 1 aliphatic heterocycles. The number of piperidine rings is 1. The van der Waals surface area contributed by atoms with Crippen LogP contribution in [0.25, 0.3) is 0 Å². The highest BCUT2D eigenvalue weighted by molar-refractivity contribution is 14.0. The van der Waals surface area contributed by atoms with E-state index in [9.17, 15) is 4.79 Å². The first kappa shape index (κ1) is 25.5. The number of rotatable bonds is 7. The number of hydrogen-bond acceptors (Lipinski definition) is 4. The second-order valence-electron chi connectivity index (χ2n) is 8.09. The standard InChI is InChI=1S/C20H36N6O2.HI/c1-5-21-18(22-11-8-13-25-14-9-12-24-25)23-16-17-10-6-7-15-26(17)19(27)28-20(2,3)4;/h9,12,14,17H,5-8,10-11,13,15-16H2,1-4H3,(H2,21,22,23);1H. The number of likely N-dealkylation sites (tertiary alicyclic amines) is 1. The maximum atomic E-state index is 12.5. The molecule has 2 rings (SSSR count). The molecule has 1 saturated heterocycles. The van der Waals surface area contributed by atoms with Crippen molar-refractivity contribution in [3.63, 3.8) is 0 Å². The molecule has 1 aromatic heterocycles. The van der Waals surface area contributed by atoms with Crippen molar-refractivity contribution in [3.8, 4) is 0 Å². The zero-order chi connectivity index (χ0) is 20.4. The van der Waals surface area contributed by atoms with E-state index in [2.05, 4.69) is 22.7 Å². The number of hydrogen-bond donors (Lipinski definition) is 2. The largest absolute Gasteiger partial charge is 0.444 e. The smallest absolute Gasteiger partial charge is 0.410 e. The van der Waals surface area contributed by atoms with Crippen LogP contribution in [0.1, 0.15) is 53.4 Å². The van der Waals surface area contributed by atoms with Gasteiger partial charge < -0.3 is 20.3 Å². The van der Waals surface area contributed by atoms with Crippen molar-refractivity contribution in [2.45, 2.75) is 71.6 Å². The first-order chi connectivity index (χ1) is 13.4. The third kappa shape index (κ3) is 9.68. The summed E-state index contributed by atoms with van der Waals surface area (Å²) in [4.78, 5) is 19.1. The Morgan fingerprint density at radius 3 is 2.76 bits per heavy atom. The molecule has 1 aliphatic rings. The molecule has 2 heterocycles. The summed E-state index contributed by atoms with van der Waals surface area (Å²) in [5.74, 6) is 0.790. The van der Waals surface area contributed by atoms with E-state index in [1.807, 2.05) is 42.6 Å². The minimum absolute atomic E-state index is 0. The third-order valence-corrected chi connectivity index (χ3v) is 4.48. The molecule has 1 atom stereocenters. The number of aromatic nitrogens is 2. The minimum Gasteiger partial charge on any atom is -0.444 e. The number of amides is 1. The highest BCUT2D eigenvalue weighted by Crippen LogP contribution is 2.20. The maximum Gasteiger partial charge on any atom is 0.410 e. The van der Waals surface area contributed by atoms with E-state index in [1.54, 1.807) is 6.20 Å². The Labute approximate surface area is 191 Å². The summed E-state index contributed by atoms with van der Waals surface area (Å²) in [6, 6.07) is 2.02. The molecule has 1 unspecified atom stereocenters. The number of ether oxygens (including phenoxy) is 1. The van der Waals surface area contributed by atoms with Gasteiger partial charge in [-0.3, -0.25) is 9.67 Å². The zero-order valence-electron chi connectivity index (χ0n) is 18.2. The summed E-state index contributed by atoms with van der Waals surface area (Å²) in [7, 11) is 0. The maximum absolute atomic E-state index is 12.5. The number of nitrogens with one attached hydrogen (secondary N) is 2. The fourth-order valence-corrected chi connectivity index (χ4v) is 3.17. The Morgan fingerprint density at radius 1 is 1.31 bits per heavy atom. The number of carbonyl (C=O) groups is 1. The summed E-state index contributed by atoms with van der Waals surface area (Å²) in [5.41, 5.74) is -0.479. The third-order valence-electron chi connectivity index (χ3n) is 4.48. The molecular formula is C20H37IN6O2. The highest BCUT2D eigenvalue weighted by atomic mass is 127. The number of guanidine groups is 1. The molecule has 0 aliphatic carbocycles. The molecule has 1 amide bonds. The molecule has 1 aromatic rings. The van der Waals surface area contributed by atoms with Gasteiger partial charge in [-0.2, -0.15) is 5.10 Å². The van der Waals surface area contributed by atoms with E-state index in [1.165, 1.54) is 0 Å². The van der Waals surface area contributed by atoms with Crippen LogP contribution in [0.4, 0.5) is 4.79 Å². The lowest BCUT2D eigenvalue weighted by Gasteiger charge is -2.36. The Kier molecular flexibility index (Phi) is 11.4. The zero-order valence-corrected chi connectivity index (χ0v) is 20.5. The van der Waals surface area contributed by atoms with Crippen LogP contribution in [0.5, 0.6) is 0 Å². The predicted molar refractivity (Wildman–Crippen MR) is 127 cm³/mol. The Morgan fingerprint density at radius 2 is 2.10 bits per heavy atom. The van der Waals surface area contributed by atoms with Gasteiger partial charge in [-0.25, -0.2) is 4.79 Å². The lowest BCUT2D eigenvalue weighted by molar-refractivity contribution is 0.0110. The van der Waals surface area contributed by atoms with E-state index in [-0.39, 0.29) is 36.1 Å². The number of nitrogens with zero attached hydrogens (tertiary/aromatic N) is 4. The summed E-state index contributed by atoms with van der Waals surface area (Å²) in [6.07, 6.45) is 7.58. The van der Waals surface area contributed by atoms with Gasteiger partial charge in [-0.1, -0.05) is 0 Å². The fourth-order valence-electron chi connectivity index (χ4n) is 3.17. The average Bonchev–Trinajstić information content (AvgIpc) is 3.15. The molecule has 0 saturated carbocycles.